The summed E-state index contributed by atoms with van der Waals surface area (Å²) in [5, 5.41) is 2.80. The van der Waals surface area contributed by atoms with Crippen LogP contribution in [0.2, 0.25) is 0 Å². The zero-order chi connectivity index (χ0) is 14.8. The van der Waals surface area contributed by atoms with Crippen LogP contribution in [0.25, 0.3) is 0 Å². The Labute approximate surface area is 127 Å². The first-order valence-electron chi connectivity index (χ1n) is 6.31. The summed E-state index contributed by atoms with van der Waals surface area (Å²) in [6.07, 6.45) is 2.87. The third-order valence-electron chi connectivity index (χ3n) is 3.32. The summed E-state index contributed by atoms with van der Waals surface area (Å²) in [6.45, 7) is 3.03. The lowest BCUT2D eigenvalue weighted by atomic mass is 9.94. The fraction of sp³-hybridized carbons (Fsp3) is 0.583. The molecule has 112 valence electrons. The zero-order valence-corrected chi connectivity index (χ0v) is 13.8. The van der Waals surface area contributed by atoms with Gasteiger partial charge in [0.1, 0.15) is 10.7 Å². The molecule has 1 aliphatic rings. The quantitative estimate of drug-likeness (QED) is 0.851. The van der Waals surface area contributed by atoms with E-state index in [1.807, 2.05) is 6.92 Å². The lowest BCUT2D eigenvalue weighted by Gasteiger charge is -2.34. The monoisotopic (exact) mass is 363 g/mol. The highest BCUT2D eigenvalue weighted by Crippen LogP contribution is 2.27. The number of nitrogens with one attached hydrogen (secondary N) is 2. The van der Waals surface area contributed by atoms with E-state index in [0.29, 0.717) is 36.3 Å². The van der Waals surface area contributed by atoms with Crippen molar-refractivity contribution >= 4 is 31.8 Å². The van der Waals surface area contributed by atoms with E-state index in [2.05, 4.69) is 31.0 Å². The molecule has 2 rings (SSSR count). The predicted octanol–water partition coefficient (Wildman–Crippen LogP) is 1.73. The predicted molar refractivity (Wildman–Crippen MR) is 80.3 cm³/mol. The van der Waals surface area contributed by atoms with Crippen LogP contribution in [0.4, 0.5) is 5.82 Å². The number of nitrogens with zero attached hydrogens (tertiary/aromatic N) is 1. The van der Waals surface area contributed by atoms with Gasteiger partial charge in [-0.15, -0.1) is 0 Å². The van der Waals surface area contributed by atoms with Crippen molar-refractivity contribution in [1.82, 2.24) is 9.71 Å². The Hall–Kier alpha value is -0.700. The van der Waals surface area contributed by atoms with Gasteiger partial charge in [-0.25, -0.2) is 18.1 Å². The minimum absolute atomic E-state index is 0.141. The number of halogens is 1. The molecular weight excluding hydrogens is 346 g/mol. The van der Waals surface area contributed by atoms with E-state index in [-0.39, 0.29) is 4.90 Å². The maximum Gasteiger partial charge on any atom is 0.244 e. The molecule has 1 aromatic rings. The molecule has 0 saturated carbocycles. The van der Waals surface area contributed by atoms with E-state index >= 15 is 0 Å². The highest BCUT2D eigenvalue weighted by atomic mass is 79.9. The van der Waals surface area contributed by atoms with Crippen molar-refractivity contribution in [3.63, 3.8) is 0 Å². The number of anilines is 1. The van der Waals surface area contributed by atoms with Crippen molar-refractivity contribution in [3.8, 4) is 0 Å². The third kappa shape index (κ3) is 3.49. The average Bonchev–Trinajstić information content (AvgIpc) is 2.38. The van der Waals surface area contributed by atoms with Gasteiger partial charge in [-0.2, -0.15) is 0 Å². The summed E-state index contributed by atoms with van der Waals surface area (Å²) in [7, 11) is -2.00. The second kappa shape index (κ2) is 5.97. The van der Waals surface area contributed by atoms with Gasteiger partial charge in [0.15, 0.2) is 0 Å². The van der Waals surface area contributed by atoms with E-state index in [9.17, 15) is 8.42 Å². The highest BCUT2D eigenvalue weighted by Gasteiger charge is 2.33. The van der Waals surface area contributed by atoms with E-state index in [1.165, 1.54) is 0 Å². The number of pyridine rings is 1. The molecule has 1 saturated heterocycles. The summed E-state index contributed by atoms with van der Waals surface area (Å²) in [5.41, 5.74) is -0.482. The van der Waals surface area contributed by atoms with Crippen LogP contribution in [0, 0.1) is 0 Å². The molecular formula is C12H18BrN3O3S. The Morgan fingerprint density at radius 1 is 1.40 bits per heavy atom. The first kappa shape index (κ1) is 15.7. The van der Waals surface area contributed by atoms with Crippen LogP contribution in [0.3, 0.4) is 0 Å². The molecule has 0 unspecified atom stereocenters. The fourth-order valence-corrected chi connectivity index (χ4v) is 4.25. The number of ether oxygens (including phenoxy) is 1. The summed E-state index contributed by atoms with van der Waals surface area (Å²) in [4.78, 5) is 4.22. The van der Waals surface area contributed by atoms with Gasteiger partial charge < -0.3 is 10.1 Å². The van der Waals surface area contributed by atoms with Crippen LogP contribution in [0.5, 0.6) is 0 Å². The van der Waals surface area contributed by atoms with Gasteiger partial charge in [0.2, 0.25) is 10.0 Å². The Balaban J connectivity index is 2.32. The van der Waals surface area contributed by atoms with Crippen molar-refractivity contribution in [3.05, 3.63) is 16.7 Å². The second-order valence-electron chi connectivity index (χ2n) is 5.03. The smallest absolute Gasteiger partial charge is 0.244 e. The molecule has 6 nitrogen and oxygen atoms in total. The number of rotatable bonds is 4. The van der Waals surface area contributed by atoms with Crippen LogP contribution >= 0.6 is 15.9 Å². The fourth-order valence-electron chi connectivity index (χ4n) is 2.12. The van der Waals surface area contributed by atoms with Gasteiger partial charge in [0, 0.05) is 36.5 Å². The second-order valence-corrected chi connectivity index (χ2v) is 7.60. The molecule has 0 bridgehead atoms. The van der Waals surface area contributed by atoms with Crippen molar-refractivity contribution < 1.29 is 13.2 Å². The molecule has 0 aliphatic carbocycles. The first-order chi connectivity index (χ1) is 9.36. The number of sulfonamides is 1. The lowest BCUT2D eigenvalue weighted by molar-refractivity contribution is 0.0537. The molecule has 0 aromatic carbocycles. The van der Waals surface area contributed by atoms with Crippen LogP contribution in [0.15, 0.2) is 21.6 Å². The van der Waals surface area contributed by atoms with Gasteiger partial charge in [-0.1, -0.05) is 0 Å². The van der Waals surface area contributed by atoms with Crippen LogP contribution in [-0.4, -0.2) is 39.2 Å². The summed E-state index contributed by atoms with van der Waals surface area (Å²) in [6, 6.07) is 1.55. The minimum atomic E-state index is -3.64. The molecule has 2 N–H and O–H groups in total. The Bertz CT molecular complexity index is 586. The molecule has 1 aromatic heterocycles. The topological polar surface area (TPSA) is 80.3 Å². The third-order valence-corrected chi connectivity index (χ3v) is 5.41. The summed E-state index contributed by atoms with van der Waals surface area (Å²) in [5.74, 6) is 0.330. The van der Waals surface area contributed by atoms with Crippen molar-refractivity contribution in [2.45, 2.75) is 30.2 Å². The largest absolute Gasteiger partial charge is 0.381 e. The van der Waals surface area contributed by atoms with E-state index in [0.717, 1.165) is 0 Å². The minimum Gasteiger partial charge on any atom is -0.381 e. The molecule has 0 radical (unpaired) electrons. The van der Waals surface area contributed by atoms with Crippen molar-refractivity contribution in [2.75, 3.05) is 25.6 Å². The van der Waals surface area contributed by atoms with Gasteiger partial charge >= 0.3 is 0 Å². The summed E-state index contributed by atoms with van der Waals surface area (Å²) < 4.78 is 33.9. The molecule has 2 heterocycles. The van der Waals surface area contributed by atoms with Crippen LogP contribution < -0.4 is 10.0 Å². The molecule has 1 aliphatic heterocycles. The van der Waals surface area contributed by atoms with Gasteiger partial charge in [0.25, 0.3) is 0 Å². The van der Waals surface area contributed by atoms with E-state index in [1.54, 1.807) is 19.3 Å². The Morgan fingerprint density at radius 2 is 2.05 bits per heavy atom. The Kier molecular flexibility index (Phi) is 4.68. The van der Waals surface area contributed by atoms with Gasteiger partial charge in [0.05, 0.1) is 0 Å². The Morgan fingerprint density at radius 3 is 2.65 bits per heavy atom. The van der Waals surface area contributed by atoms with Crippen molar-refractivity contribution in [2.24, 2.45) is 0 Å². The molecule has 0 amide bonds. The maximum atomic E-state index is 12.6. The summed E-state index contributed by atoms with van der Waals surface area (Å²) >= 11 is 3.25. The average molecular weight is 364 g/mol. The lowest BCUT2D eigenvalue weighted by Crippen LogP contribution is -2.49. The van der Waals surface area contributed by atoms with E-state index < -0.39 is 15.6 Å². The number of hydrogen-bond donors (Lipinski definition) is 2. The highest BCUT2D eigenvalue weighted by molar-refractivity contribution is 9.10. The molecule has 1 fully saturated rings. The molecule has 20 heavy (non-hydrogen) atoms. The first-order valence-corrected chi connectivity index (χ1v) is 8.59. The van der Waals surface area contributed by atoms with E-state index in [4.69, 9.17) is 4.74 Å². The van der Waals surface area contributed by atoms with Gasteiger partial charge in [-0.3, -0.25) is 0 Å². The van der Waals surface area contributed by atoms with Crippen LogP contribution in [0.1, 0.15) is 19.8 Å². The SMILES string of the molecule is CNc1ncc(Br)cc1S(=O)(=O)NC1(C)CCOCC1. The maximum absolute atomic E-state index is 12.6. The standard InChI is InChI=1S/C12H18BrN3O3S/c1-12(3-5-19-6-4-12)16-20(17,18)10-7-9(13)8-15-11(10)14-2/h7-8,16H,3-6H2,1-2H3,(H,14,15). The molecule has 0 spiro atoms. The van der Waals surface area contributed by atoms with Crippen molar-refractivity contribution in [1.29, 1.82) is 0 Å². The molecule has 0 atom stereocenters. The zero-order valence-electron chi connectivity index (χ0n) is 11.4. The molecule has 8 heteroatoms. The number of aromatic nitrogens is 1. The number of hydrogen-bond acceptors (Lipinski definition) is 5. The normalized spacial score (nSPS) is 18.8. The van der Waals surface area contributed by atoms with Gasteiger partial charge in [-0.05, 0) is 41.8 Å². The van der Waals surface area contributed by atoms with Crippen LogP contribution in [-0.2, 0) is 14.8 Å².